The van der Waals surface area contributed by atoms with Gasteiger partial charge < -0.3 is 0 Å². The monoisotopic (exact) mass is 320 g/mol. The Morgan fingerprint density at radius 1 is 1.25 bits per heavy atom. The number of rotatable bonds is 5. The van der Waals surface area contributed by atoms with Crippen molar-refractivity contribution in [2.45, 2.75) is 33.6 Å². The summed E-state index contributed by atoms with van der Waals surface area (Å²) in [6.45, 7) is 5.41. The van der Waals surface area contributed by atoms with Gasteiger partial charge in [0.25, 0.3) is 0 Å². The fourth-order valence-corrected chi connectivity index (χ4v) is 2.82. The van der Waals surface area contributed by atoms with Gasteiger partial charge in [-0.25, -0.2) is 4.68 Å². The molecule has 0 aliphatic heterocycles. The van der Waals surface area contributed by atoms with Crippen LogP contribution in [0.4, 0.5) is 0 Å². The second kappa shape index (κ2) is 7.10. The van der Waals surface area contributed by atoms with Crippen LogP contribution in [0.3, 0.4) is 0 Å². The molecule has 1 heterocycles. The number of aryl methyl sites for hydroxylation is 2. The molecule has 0 fully saturated rings. The van der Waals surface area contributed by atoms with Crippen LogP contribution in [0, 0.1) is 47.8 Å². The Hall–Kier alpha value is -2.92. The normalized spacial score (nSPS) is 12.2. The van der Waals surface area contributed by atoms with Gasteiger partial charge in [-0.15, -0.1) is 0 Å². The first-order valence-electron chi connectivity index (χ1n) is 7.85. The molecular weight excluding hydrogens is 300 g/mol. The molecule has 0 bridgehead atoms. The molecule has 5 heteroatoms. The fraction of sp³-hybridized carbons (Fsp3) is 0.368. The minimum atomic E-state index is -1.24. The number of hydrogen-bond acceptors (Lipinski definition) is 4. The summed E-state index contributed by atoms with van der Waals surface area (Å²) in [4.78, 5) is 12.5. The van der Waals surface area contributed by atoms with Crippen LogP contribution in [0.25, 0.3) is 0 Å². The van der Waals surface area contributed by atoms with Crippen LogP contribution in [0.1, 0.15) is 35.1 Å². The lowest BCUT2D eigenvalue weighted by Crippen LogP contribution is -2.31. The SMILES string of the molecule is Cc1cc(C)n(C(=O)C[C@@H](C)C(C#N)(C#N)Cc2ccccc2)n1. The van der Waals surface area contributed by atoms with Crippen LogP contribution in [0.15, 0.2) is 36.4 Å². The van der Waals surface area contributed by atoms with E-state index < -0.39 is 11.3 Å². The zero-order chi connectivity index (χ0) is 17.7. The zero-order valence-corrected chi connectivity index (χ0v) is 14.2. The van der Waals surface area contributed by atoms with Crippen LogP contribution in [-0.2, 0) is 6.42 Å². The first-order valence-corrected chi connectivity index (χ1v) is 7.85. The maximum Gasteiger partial charge on any atom is 0.247 e. The Morgan fingerprint density at radius 3 is 2.38 bits per heavy atom. The van der Waals surface area contributed by atoms with Gasteiger partial charge in [0.15, 0.2) is 5.41 Å². The maximum atomic E-state index is 12.5. The van der Waals surface area contributed by atoms with E-state index in [2.05, 4.69) is 17.2 Å². The second-order valence-corrected chi connectivity index (χ2v) is 6.20. The van der Waals surface area contributed by atoms with E-state index in [1.165, 1.54) is 4.68 Å². The molecule has 0 saturated carbocycles. The number of nitrogens with zero attached hydrogens (tertiary/aromatic N) is 4. The molecule has 5 nitrogen and oxygen atoms in total. The van der Waals surface area contributed by atoms with Gasteiger partial charge in [0.2, 0.25) is 5.91 Å². The van der Waals surface area contributed by atoms with E-state index >= 15 is 0 Å². The van der Waals surface area contributed by atoms with Crippen LogP contribution in [0.5, 0.6) is 0 Å². The average Bonchev–Trinajstić information content (AvgIpc) is 2.92. The summed E-state index contributed by atoms with van der Waals surface area (Å²) in [5.41, 5.74) is 1.19. The summed E-state index contributed by atoms with van der Waals surface area (Å²) in [5.74, 6) is -0.611. The van der Waals surface area contributed by atoms with E-state index in [0.717, 1.165) is 17.0 Å². The van der Waals surface area contributed by atoms with Crippen molar-refractivity contribution in [3.63, 3.8) is 0 Å². The predicted molar refractivity (Wildman–Crippen MR) is 89.9 cm³/mol. The van der Waals surface area contributed by atoms with E-state index in [4.69, 9.17) is 0 Å². The molecular formula is C19H20N4O. The number of carbonyl (C=O) groups excluding carboxylic acids is 1. The summed E-state index contributed by atoms with van der Waals surface area (Å²) in [6, 6.07) is 15.5. The van der Waals surface area contributed by atoms with Gasteiger partial charge in [0.1, 0.15) is 0 Å². The van der Waals surface area contributed by atoms with Crippen molar-refractivity contribution in [3.05, 3.63) is 53.3 Å². The molecule has 0 N–H and O–H groups in total. The lowest BCUT2D eigenvalue weighted by Gasteiger charge is -2.25. The summed E-state index contributed by atoms with van der Waals surface area (Å²) < 4.78 is 1.36. The van der Waals surface area contributed by atoms with Crippen molar-refractivity contribution >= 4 is 5.91 Å². The summed E-state index contributed by atoms with van der Waals surface area (Å²) >= 11 is 0. The molecule has 0 aliphatic rings. The molecule has 2 aromatic rings. The fourth-order valence-electron chi connectivity index (χ4n) is 2.82. The molecule has 0 saturated heterocycles. The highest BCUT2D eigenvalue weighted by molar-refractivity contribution is 5.79. The Morgan fingerprint density at radius 2 is 1.88 bits per heavy atom. The average molecular weight is 320 g/mol. The number of carbonyl (C=O) groups is 1. The van der Waals surface area contributed by atoms with Crippen LogP contribution in [0.2, 0.25) is 0 Å². The molecule has 1 atom stereocenters. The van der Waals surface area contributed by atoms with Crippen molar-refractivity contribution in [1.29, 1.82) is 10.5 Å². The van der Waals surface area contributed by atoms with Crippen molar-refractivity contribution < 1.29 is 4.79 Å². The highest BCUT2D eigenvalue weighted by atomic mass is 16.2. The third-order valence-electron chi connectivity index (χ3n) is 4.29. The molecule has 24 heavy (non-hydrogen) atoms. The second-order valence-electron chi connectivity index (χ2n) is 6.20. The number of nitriles is 2. The summed E-state index contributed by atoms with van der Waals surface area (Å²) in [6.07, 6.45) is 0.391. The van der Waals surface area contributed by atoms with Gasteiger partial charge in [-0.3, -0.25) is 4.79 Å². The third kappa shape index (κ3) is 3.52. The van der Waals surface area contributed by atoms with Crippen LogP contribution >= 0.6 is 0 Å². The van der Waals surface area contributed by atoms with Gasteiger partial charge in [0.05, 0.1) is 17.8 Å². The highest BCUT2D eigenvalue weighted by Gasteiger charge is 2.38. The predicted octanol–water partition coefficient (Wildman–Crippen LogP) is 3.44. The van der Waals surface area contributed by atoms with E-state index in [0.29, 0.717) is 6.42 Å². The molecule has 0 spiro atoms. The molecule has 0 radical (unpaired) electrons. The van der Waals surface area contributed by atoms with Crippen LogP contribution in [-0.4, -0.2) is 15.7 Å². The Balaban J connectivity index is 2.22. The van der Waals surface area contributed by atoms with Gasteiger partial charge in [-0.05, 0) is 31.4 Å². The van der Waals surface area contributed by atoms with E-state index in [9.17, 15) is 15.3 Å². The van der Waals surface area contributed by atoms with Crippen molar-refractivity contribution in [3.8, 4) is 12.1 Å². The topological polar surface area (TPSA) is 82.5 Å². The maximum absolute atomic E-state index is 12.5. The number of aromatic nitrogens is 2. The minimum absolute atomic E-state index is 0.0932. The van der Waals surface area contributed by atoms with Gasteiger partial charge in [0, 0.05) is 18.5 Å². The lowest BCUT2D eigenvalue weighted by atomic mass is 9.73. The Labute approximate surface area is 142 Å². The molecule has 1 aromatic carbocycles. The summed E-state index contributed by atoms with van der Waals surface area (Å²) in [5, 5.41) is 23.5. The number of benzene rings is 1. The van der Waals surface area contributed by atoms with E-state index in [1.54, 1.807) is 6.92 Å². The molecule has 2 rings (SSSR count). The Kier molecular flexibility index (Phi) is 5.16. The number of hydrogen-bond donors (Lipinski definition) is 0. The molecule has 0 amide bonds. The van der Waals surface area contributed by atoms with Gasteiger partial charge in [-0.2, -0.15) is 15.6 Å². The summed E-state index contributed by atoms with van der Waals surface area (Å²) in [7, 11) is 0. The Bertz CT molecular complexity index is 794. The lowest BCUT2D eigenvalue weighted by molar-refractivity contribution is 0.0843. The third-order valence-corrected chi connectivity index (χ3v) is 4.29. The first-order chi connectivity index (χ1) is 11.4. The first kappa shape index (κ1) is 17.4. The van der Waals surface area contributed by atoms with E-state index in [-0.39, 0.29) is 12.3 Å². The molecule has 0 unspecified atom stereocenters. The van der Waals surface area contributed by atoms with Crippen molar-refractivity contribution in [1.82, 2.24) is 9.78 Å². The quantitative estimate of drug-likeness (QED) is 0.845. The smallest absolute Gasteiger partial charge is 0.247 e. The minimum Gasteiger partial charge on any atom is -0.273 e. The van der Waals surface area contributed by atoms with Gasteiger partial charge >= 0.3 is 0 Å². The van der Waals surface area contributed by atoms with Crippen molar-refractivity contribution in [2.75, 3.05) is 0 Å². The standard InChI is InChI=1S/C19H20N4O/c1-14(9-18(24)23-16(3)10-15(2)22-23)19(12-20,13-21)11-17-7-5-4-6-8-17/h4-8,10,14H,9,11H2,1-3H3/t14-/m1/s1. The van der Waals surface area contributed by atoms with E-state index in [1.807, 2.05) is 50.2 Å². The largest absolute Gasteiger partial charge is 0.273 e. The molecule has 0 aliphatic carbocycles. The van der Waals surface area contributed by atoms with Crippen molar-refractivity contribution in [2.24, 2.45) is 11.3 Å². The highest BCUT2D eigenvalue weighted by Crippen LogP contribution is 2.33. The molecule has 122 valence electrons. The molecule has 1 aromatic heterocycles. The van der Waals surface area contributed by atoms with Gasteiger partial charge in [-0.1, -0.05) is 37.3 Å². The zero-order valence-electron chi connectivity index (χ0n) is 14.2. The van der Waals surface area contributed by atoms with Crippen LogP contribution < -0.4 is 0 Å².